The fourth-order valence-electron chi connectivity index (χ4n) is 1.93. The summed E-state index contributed by atoms with van der Waals surface area (Å²) in [5.74, 6) is 1.60. The summed E-state index contributed by atoms with van der Waals surface area (Å²) in [6.07, 6.45) is 1.30. The summed E-state index contributed by atoms with van der Waals surface area (Å²) in [5, 5.41) is 2.60. The van der Waals surface area contributed by atoms with Gasteiger partial charge in [0.2, 0.25) is 0 Å². The summed E-state index contributed by atoms with van der Waals surface area (Å²) in [7, 11) is 1.33. The van der Waals surface area contributed by atoms with Crippen molar-refractivity contribution >= 4 is 11.8 Å². The maximum Gasteiger partial charge on any atom is 0.411 e. The largest absolute Gasteiger partial charge is 0.494 e. The fourth-order valence-corrected chi connectivity index (χ4v) is 1.93. The van der Waals surface area contributed by atoms with E-state index >= 15 is 0 Å². The Morgan fingerprint density at radius 1 is 0.913 bits per heavy atom. The molecule has 122 valence electrons. The maximum atomic E-state index is 11.2. The molecular formula is C18H21NO4. The normalized spacial score (nSPS) is 9.96. The molecular weight excluding hydrogens is 294 g/mol. The van der Waals surface area contributed by atoms with Gasteiger partial charge in [-0.05, 0) is 37.1 Å². The van der Waals surface area contributed by atoms with Gasteiger partial charge in [0, 0.05) is 11.8 Å². The number of para-hydroxylation sites is 1. The van der Waals surface area contributed by atoms with Crippen molar-refractivity contribution in [2.75, 3.05) is 25.6 Å². The van der Waals surface area contributed by atoms with E-state index < -0.39 is 6.09 Å². The van der Waals surface area contributed by atoms with Gasteiger partial charge < -0.3 is 14.2 Å². The van der Waals surface area contributed by atoms with Gasteiger partial charge in [0.05, 0.1) is 20.3 Å². The first-order valence-electron chi connectivity index (χ1n) is 7.53. The van der Waals surface area contributed by atoms with Crippen LogP contribution in [0.5, 0.6) is 11.5 Å². The predicted molar refractivity (Wildman–Crippen MR) is 89.1 cm³/mol. The molecule has 0 aliphatic carbocycles. The van der Waals surface area contributed by atoms with Crippen LogP contribution in [0, 0.1) is 0 Å². The Hall–Kier alpha value is -2.69. The van der Waals surface area contributed by atoms with Gasteiger partial charge in [-0.2, -0.15) is 0 Å². The van der Waals surface area contributed by atoms with Crippen LogP contribution in [0.1, 0.15) is 12.8 Å². The number of carbonyl (C=O) groups is 1. The van der Waals surface area contributed by atoms with Crippen LogP contribution >= 0.6 is 0 Å². The lowest BCUT2D eigenvalue weighted by molar-refractivity contribution is 0.187. The van der Waals surface area contributed by atoms with Crippen molar-refractivity contribution in [3.8, 4) is 11.5 Å². The van der Waals surface area contributed by atoms with Crippen LogP contribution in [0.3, 0.4) is 0 Å². The average Bonchev–Trinajstić information content (AvgIpc) is 2.59. The zero-order chi connectivity index (χ0) is 16.3. The van der Waals surface area contributed by atoms with E-state index in [1.165, 1.54) is 7.11 Å². The predicted octanol–water partition coefficient (Wildman–Crippen LogP) is 4.10. The second-order valence-electron chi connectivity index (χ2n) is 4.86. The van der Waals surface area contributed by atoms with E-state index in [2.05, 4.69) is 10.1 Å². The Morgan fingerprint density at radius 2 is 1.57 bits per heavy atom. The van der Waals surface area contributed by atoms with Crippen molar-refractivity contribution in [1.29, 1.82) is 0 Å². The highest BCUT2D eigenvalue weighted by molar-refractivity contribution is 5.84. The van der Waals surface area contributed by atoms with E-state index in [0.717, 1.165) is 18.6 Å². The topological polar surface area (TPSA) is 56.8 Å². The smallest absolute Gasteiger partial charge is 0.411 e. The molecule has 0 aromatic heterocycles. The minimum Gasteiger partial charge on any atom is -0.494 e. The molecule has 0 atom stereocenters. The molecule has 0 fully saturated rings. The fraction of sp³-hybridized carbons (Fsp3) is 0.278. The number of rotatable bonds is 8. The summed E-state index contributed by atoms with van der Waals surface area (Å²) in [6, 6.07) is 17.0. The lowest BCUT2D eigenvalue weighted by Gasteiger charge is -2.09. The van der Waals surface area contributed by atoms with Crippen molar-refractivity contribution in [3.63, 3.8) is 0 Å². The second kappa shape index (κ2) is 9.35. The number of ether oxygens (including phenoxy) is 3. The highest BCUT2D eigenvalue weighted by atomic mass is 16.5. The molecule has 2 aromatic carbocycles. The molecule has 0 saturated heterocycles. The molecule has 0 radical (unpaired) electrons. The van der Waals surface area contributed by atoms with E-state index in [1.54, 1.807) is 12.1 Å². The molecule has 0 heterocycles. The first kappa shape index (κ1) is 16.7. The third-order valence-electron chi connectivity index (χ3n) is 3.09. The van der Waals surface area contributed by atoms with Gasteiger partial charge in [0.1, 0.15) is 11.5 Å². The van der Waals surface area contributed by atoms with Gasteiger partial charge >= 0.3 is 6.09 Å². The Bertz CT molecular complexity index is 601. The minimum atomic E-state index is -0.500. The van der Waals surface area contributed by atoms with Crippen LogP contribution in [0.2, 0.25) is 0 Å². The molecule has 5 nitrogen and oxygen atoms in total. The van der Waals surface area contributed by atoms with E-state index in [4.69, 9.17) is 9.47 Å². The average molecular weight is 315 g/mol. The molecule has 2 rings (SSSR count). The van der Waals surface area contributed by atoms with E-state index in [1.807, 2.05) is 42.5 Å². The number of hydrogen-bond acceptors (Lipinski definition) is 4. The Kier molecular flexibility index (Phi) is 6.78. The molecule has 1 N–H and O–H groups in total. The van der Waals surface area contributed by atoms with Crippen LogP contribution < -0.4 is 14.8 Å². The first-order chi connectivity index (χ1) is 11.3. The number of nitrogens with one attached hydrogen (secondary N) is 1. The van der Waals surface area contributed by atoms with Crippen molar-refractivity contribution < 1.29 is 19.0 Å². The number of amides is 1. The Morgan fingerprint density at radius 3 is 2.26 bits per heavy atom. The molecule has 0 aliphatic heterocycles. The lowest BCUT2D eigenvalue weighted by Crippen LogP contribution is -2.10. The monoisotopic (exact) mass is 315 g/mol. The van der Waals surface area contributed by atoms with Crippen molar-refractivity contribution in [2.45, 2.75) is 12.8 Å². The lowest BCUT2D eigenvalue weighted by atomic mass is 10.3. The number of unbranched alkanes of at least 4 members (excludes halogenated alkanes) is 1. The summed E-state index contributed by atoms with van der Waals surface area (Å²) in [5.41, 5.74) is 0.641. The van der Waals surface area contributed by atoms with E-state index in [9.17, 15) is 4.79 Å². The van der Waals surface area contributed by atoms with Gasteiger partial charge in [-0.3, -0.25) is 5.32 Å². The van der Waals surface area contributed by atoms with Gasteiger partial charge in [-0.15, -0.1) is 0 Å². The van der Waals surface area contributed by atoms with Crippen LogP contribution in [0.4, 0.5) is 10.5 Å². The van der Waals surface area contributed by atoms with Crippen LogP contribution in [0.25, 0.3) is 0 Å². The van der Waals surface area contributed by atoms with Gasteiger partial charge in [0.25, 0.3) is 0 Å². The second-order valence-corrected chi connectivity index (χ2v) is 4.86. The third-order valence-corrected chi connectivity index (χ3v) is 3.09. The third kappa shape index (κ3) is 6.30. The molecule has 2 aromatic rings. The quantitative estimate of drug-likeness (QED) is 0.745. The van der Waals surface area contributed by atoms with Crippen LogP contribution in [0.15, 0.2) is 54.6 Å². The standard InChI is InChI=1S/C18H21NO4/c1-21-18(20)19-15-8-7-11-17(14-15)23-13-6-5-12-22-16-9-3-2-4-10-16/h2-4,7-11,14H,5-6,12-13H2,1H3,(H,19,20). The molecule has 0 saturated carbocycles. The van der Waals surface area contributed by atoms with E-state index in [-0.39, 0.29) is 0 Å². The highest BCUT2D eigenvalue weighted by Crippen LogP contribution is 2.18. The zero-order valence-corrected chi connectivity index (χ0v) is 13.2. The molecule has 0 bridgehead atoms. The summed E-state index contributed by atoms with van der Waals surface area (Å²) in [6.45, 7) is 1.26. The molecule has 0 spiro atoms. The van der Waals surface area contributed by atoms with Crippen LogP contribution in [-0.2, 0) is 4.74 Å². The molecule has 1 amide bonds. The van der Waals surface area contributed by atoms with Crippen molar-refractivity contribution in [1.82, 2.24) is 0 Å². The number of hydrogen-bond donors (Lipinski definition) is 1. The Labute approximate surface area is 136 Å². The van der Waals surface area contributed by atoms with Gasteiger partial charge in [-0.1, -0.05) is 24.3 Å². The molecule has 0 unspecified atom stereocenters. The van der Waals surface area contributed by atoms with Gasteiger partial charge in [0.15, 0.2) is 0 Å². The first-order valence-corrected chi connectivity index (χ1v) is 7.53. The van der Waals surface area contributed by atoms with Crippen LogP contribution in [-0.4, -0.2) is 26.4 Å². The number of methoxy groups -OCH3 is 1. The minimum absolute atomic E-state index is 0.500. The van der Waals surface area contributed by atoms with Gasteiger partial charge in [-0.25, -0.2) is 4.79 Å². The summed E-state index contributed by atoms with van der Waals surface area (Å²) < 4.78 is 15.8. The Balaban J connectivity index is 1.64. The molecule has 5 heteroatoms. The van der Waals surface area contributed by atoms with Crippen molar-refractivity contribution in [2.24, 2.45) is 0 Å². The maximum absolute atomic E-state index is 11.2. The molecule has 23 heavy (non-hydrogen) atoms. The summed E-state index contributed by atoms with van der Waals surface area (Å²) in [4.78, 5) is 11.2. The number of carbonyl (C=O) groups excluding carboxylic acids is 1. The number of benzene rings is 2. The number of anilines is 1. The van der Waals surface area contributed by atoms with E-state index in [0.29, 0.717) is 24.7 Å². The summed E-state index contributed by atoms with van der Waals surface area (Å²) >= 11 is 0. The SMILES string of the molecule is COC(=O)Nc1cccc(OCCCCOc2ccccc2)c1. The highest BCUT2D eigenvalue weighted by Gasteiger charge is 2.02. The molecule has 0 aliphatic rings. The van der Waals surface area contributed by atoms with Crippen molar-refractivity contribution in [3.05, 3.63) is 54.6 Å². The zero-order valence-electron chi connectivity index (χ0n) is 13.2.